The van der Waals surface area contributed by atoms with Gasteiger partial charge in [-0.3, -0.25) is 4.31 Å². The first-order valence-corrected chi connectivity index (χ1v) is 9.20. The minimum Gasteiger partial charge on any atom is -0.497 e. The fourth-order valence-electron chi connectivity index (χ4n) is 2.42. The highest BCUT2D eigenvalue weighted by molar-refractivity contribution is 7.92. The number of nitrogens with two attached hydrogens (primary N) is 1. The van der Waals surface area contributed by atoms with Crippen LogP contribution in [0.25, 0.3) is 0 Å². The van der Waals surface area contributed by atoms with Crippen molar-refractivity contribution in [2.45, 2.75) is 31.2 Å². The minimum absolute atomic E-state index is 0.230. The van der Waals surface area contributed by atoms with Gasteiger partial charge in [-0.15, -0.1) is 0 Å². The number of methoxy groups -OCH3 is 1. The average Bonchev–Trinajstić information content (AvgIpc) is 2.55. The number of rotatable bonds is 6. The smallest absolute Gasteiger partial charge is 0.264 e. The molecule has 0 aliphatic heterocycles. The third-order valence-electron chi connectivity index (χ3n) is 3.83. The maximum Gasteiger partial charge on any atom is 0.264 e. The van der Waals surface area contributed by atoms with E-state index in [9.17, 15) is 8.42 Å². The van der Waals surface area contributed by atoms with Crippen molar-refractivity contribution in [1.82, 2.24) is 0 Å². The zero-order valence-electron chi connectivity index (χ0n) is 14.5. The van der Waals surface area contributed by atoms with Gasteiger partial charge >= 0.3 is 0 Å². The number of anilines is 1. The van der Waals surface area contributed by atoms with Gasteiger partial charge in [-0.2, -0.15) is 0 Å². The Morgan fingerprint density at radius 2 is 1.58 bits per heavy atom. The summed E-state index contributed by atoms with van der Waals surface area (Å²) in [6.07, 6.45) is 0. The van der Waals surface area contributed by atoms with E-state index in [0.29, 0.717) is 18.0 Å². The molecule has 24 heavy (non-hydrogen) atoms. The number of hydrogen-bond acceptors (Lipinski definition) is 4. The monoisotopic (exact) mass is 348 g/mol. The molecule has 0 bridgehead atoms. The Kier molecular flexibility index (Phi) is 5.20. The van der Waals surface area contributed by atoms with Crippen LogP contribution in [-0.4, -0.2) is 22.1 Å². The van der Waals surface area contributed by atoms with Crippen molar-refractivity contribution in [2.24, 2.45) is 5.73 Å². The molecule has 0 saturated carbocycles. The third-order valence-corrected chi connectivity index (χ3v) is 5.75. The van der Waals surface area contributed by atoms with Gasteiger partial charge in [0.25, 0.3) is 10.0 Å². The molecular weight excluding hydrogens is 324 g/mol. The highest BCUT2D eigenvalue weighted by Gasteiger charge is 2.24. The molecular formula is C18H24N2O3S. The van der Waals surface area contributed by atoms with Gasteiger partial charge in [0.1, 0.15) is 5.75 Å². The van der Waals surface area contributed by atoms with Gasteiger partial charge in [0.15, 0.2) is 0 Å². The molecule has 0 amide bonds. The highest BCUT2D eigenvalue weighted by atomic mass is 32.2. The van der Waals surface area contributed by atoms with Gasteiger partial charge in [0.05, 0.1) is 17.7 Å². The van der Waals surface area contributed by atoms with Crippen molar-refractivity contribution in [3.8, 4) is 5.75 Å². The van der Waals surface area contributed by atoms with E-state index in [0.717, 1.165) is 5.56 Å². The van der Waals surface area contributed by atoms with Crippen molar-refractivity contribution in [1.29, 1.82) is 0 Å². The fraction of sp³-hybridized carbons (Fsp3) is 0.333. The lowest BCUT2D eigenvalue weighted by Crippen LogP contribution is -2.31. The van der Waals surface area contributed by atoms with Crippen LogP contribution in [0.2, 0.25) is 0 Å². The van der Waals surface area contributed by atoms with Crippen LogP contribution in [0.15, 0.2) is 53.4 Å². The van der Waals surface area contributed by atoms with E-state index in [-0.39, 0.29) is 4.90 Å². The van der Waals surface area contributed by atoms with Crippen LogP contribution in [0.5, 0.6) is 5.75 Å². The van der Waals surface area contributed by atoms with Crippen LogP contribution in [0.3, 0.4) is 0 Å². The lowest BCUT2D eigenvalue weighted by Gasteiger charge is -2.25. The number of hydrogen-bond donors (Lipinski definition) is 1. The summed E-state index contributed by atoms with van der Waals surface area (Å²) >= 11 is 0. The van der Waals surface area contributed by atoms with Gasteiger partial charge in [-0.25, -0.2) is 8.42 Å². The summed E-state index contributed by atoms with van der Waals surface area (Å²) in [4.78, 5) is 0.230. The Morgan fingerprint density at radius 3 is 2.00 bits per heavy atom. The molecule has 0 fully saturated rings. The van der Waals surface area contributed by atoms with Gasteiger partial charge in [-0.05, 0) is 62.7 Å². The van der Waals surface area contributed by atoms with Crippen LogP contribution in [0.1, 0.15) is 26.3 Å². The lowest BCUT2D eigenvalue weighted by molar-refractivity contribution is 0.414. The average molecular weight is 348 g/mol. The van der Waals surface area contributed by atoms with E-state index in [1.54, 1.807) is 43.5 Å². The van der Waals surface area contributed by atoms with Crippen molar-refractivity contribution >= 4 is 15.7 Å². The SMILES string of the molecule is CCN(c1ccc(C(C)(C)N)cc1)S(=O)(=O)c1ccc(OC)cc1. The molecule has 130 valence electrons. The van der Waals surface area contributed by atoms with Gasteiger partial charge in [0.2, 0.25) is 0 Å². The van der Waals surface area contributed by atoms with Crippen LogP contribution in [0.4, 0.5) is 5.69 Å². The molecule has 5 nitrogen and oxygen atoms in total. The fourth-order valence-corrected chi connectivity index (χ4v) is 3.90. The highest BCUT2D eigenvalue weighted by Crippen LogP contribution is 2.27. The Balaban J connectivity index is 2.38. The first-order valence-electron chi connectivity index (χ1n) is 7.76. The lowest BCUT2D eigenvalue weighted by atomic mass is 9.96. The van der Waals surface area contributed by atoms with E-state index in [2.05, 4.69) is 0 Å². The molecule has 0 atom stereocenters. The molecule has 2 aromatic rings. The maximum absolute atomic E-state index is 12.9. The number of sulfonamides is 1. The quantitative estimate of drug-likeness (QED) is 0.870. The molecule has 0 aliphatic carbocycles. The summed E-state index contributed by atoms with van der Waals surface area (Å²) in [5, 5.41) is 0. The summed E-state index contributed by atoms with van der Waals surface area (Å²) < 4.78 is 32.3. The van der Waals surface area contributed by atoms with Crippen LogP contribution in [-0.2, 0) is 15.6 Å². The third kappa shape index (κ3) is 3.71. The van der Waals surface area contributed by atoms with Crippen molar-refractivity contribution in [3.05, 3.63) is 54.1 Å². The summed E-state index contributed by atoms with van der Waals surface area (Å²) in [6, 6.07) is 13.7. The van der Waals surface area contributed by atoms with E-state index in [4.69, 9.17) is 10.5 Å². The normalized spacial score (nSPS) is 12.0. The molecule has 0 unspecified atom stereocenters. The second-order valence-electron chi connectivity index (χ2n) is 6.11. The van der Waals surface area contributed by atoms with Gasteiger partial charge < -0.3 is 10.5 Å². The van der Waals surface area contributed by atoms with Gasteiger partial charge in [-0.1, -0.05) is 12.1 Å². The summed E-state index contributed by atoms with van der Waals surface area (Å²) in [7, 11) is -2.09. The first-order chi connectivity index (χ1) is 11.2. The molecule has 2 N–H and O–H groups in total. The molecule has 2 aromatic carbocycles. The Bertz CT molecular complexity index is 777. The minimum atomic E-state index is -3.63. The summed E-state index contributed by atoms with van der Waals surface area (Å²) in [5.74, 6) is 0.617. The number of nitrogens with zero attached hydrogens (tertiary/aromatic N) is 1. The van der Waals surface area contributed by atoms with Crippen LogP contribution < -0.4 is 14.8 Å². The Morgan fingerprint density at radius 1 is 1.04 bits per heavy atom. The molecule has 6 heteroatoms. The predicted octanol–water partition coefficient (Wildman–Crippen LogP) is 3.10. The predicted molar refractivity (Wildman–Crippen MR) is 96.9 cm³/mol. The maximum atomic E-state index is 12.9. The molecule has 0 saturated heterocycles. The molecule has 0 aromatic heterocycles. The van der Waals surface area contributed by atoms with Crippen LogP contribution in [0, 0.1) is 0 Å². The summed E-state index contributed by atoms with van der Waals surface area (Å²) in [6.45, 7) is 5.96. The number of ether oxygens (including phenoxy) is 1. The van der Waals surface area contributed by atoms with E-state index in [1.165, 1.54) is 4.31 Å². The largest absolute Gasteiger partial charge is 0.497 e. The topological polar surface area (TPSA) is 72.6 Å². The van der Waals surface area contributed by atoms with Crippen molar-refractivity contribution < 1.29 is 13.2 Å². The molecule has 0 aliphatic rings. The molecule has 2 rings (SSSR count). The van der Waals surface area contributed by atoms with Gasteiger partial charge in [0, 0.05) is 12.1 Å². The molecule has 0 radical (unpaired) electrons. The zero-order chi connectivity index (χ0) is 18.0. The first kappa shape index (κ1) is 18.3. The van der Waals surface area contributed by atoms with E-state index in [1.807, 2.05) is 32.9 Å². The summed E-state index contributed by atoms with van der Waals surface area (Å²) in [5.41, 5.74) is 7.17. The molecule has 0 heterocycles. The Labute approximate surface area is 144 Å². The standard InChI is InChI=1S/C18H24N2O3S/c1-5-20(15-8-6-14(7-9-15)18(2,3)19)24(21,22)17-12-10-16(23-4)11-13-17/h6-13H,5,19H2,1-4H3. The van der Waals surface area contributed by atoms with Crippen molar-refractivity contribution in [2.75, 3.05) is 18.0 Å². The number of benzene rings is 2. The van der Waals surface area contributed by atoms with E-state index < -0.39 is 15.6 Å². The van der Waals surface area contributed by atoms with Crippen LogP contribution >= 0.6 is 0 Å². The molecule has 0 spiro atoms. The zero-order valence-corrected chi connectivity index (χ0v) is 15.3. The second kappa shape index (κ2) is 6.83. The second-order valence-corrected chi connectivity index (χ2v) is 7.98. The van der Waals surface area contributed by atoms with E-state index >= 15 is 0 Å². The van der Waals surface area contributed by atoms with Crippen molar-refractivity contribution in [3.63, 3.8) is 0 Å². The Hall–Kier alpha value is -2.05.